The minimum absolute atomic E-state index is 0.143. The van der Waals surface area contributed by atoms with E-state index in [-0.39, 0.29) is 17.0 Å². The molecule has 0 spiro atoms. The van der Waals surface area contributed by atoms with Gasteiger partial charge in [-0.25, -0.2) is 9.59 Å². The molecule has 150 valence electrons. The first-order valence-corrected chi connectivity index (χ1v) is 9.33. The molecule has 1 aromatic carbocycles. The number of rotatable bonds is 3. The Hall–Kier alpha value is -2.90. The van der Waals surface area contributed by atoms with Crippen LogP contribution in [0.15, 0.2) is 24.3 Å². The number of hydrogen-bond acceptors (Lipinski definition) is 6. The number of hydrogen-bond donors (Lipinski definition) is 0. The van der Waals surface area contributed by atoms with E-state index < -0.39 is 35.5 Å². The number of carbonyl (C=O) groups is 4. The summed E-state index contributed by atoms with van der Waals surface area (Å²) in [5.41, 5.74) is -0.344. The van der Waals surface area contributed by atoms with E-state index in [0.717, 1.165) is 0 Å². The first-order chi connectivity index (χ1) is 13.1. The summed E-state index contributed by atoms with van der Waals surface area (Å²) in [6.45, 7) is 7.47. The van der Waals surface area contributed by atoms with Crippen molar-refractivity contribution in [3.63, 3.8) is 0 Å². The lowest BCUT2D eigenvalue weighted by Crippen LogP contribution is -2.48. The van der Waals surface area contributed by atoms with E-state index in [4.69, 9.17) is 9.57 Å². The second-order valence-electron chi connectivity index (χ2n) is 7.94. The number of hydroxylamine groups is 2. The number of carbonyl (C=O) groups excluding carboxylic acids is 4. The molecule has 28 heavy (non-hydrogen) atoms. The van der Waals surface area contributed by atoms with Crippen LogP contribution in [0.5, 0.6) is 0 Å². The topological polar surface area (TPSA) is 93.2 Å². The van der Waals surface area contributed by atoms with Gasteiger partial charge in [0.1, 0.15) is 11.6 Å². The van der Waals surface area contributed by atoms with Gasteiger partial charge in [-0.1, -0.05) is 30.5 Å². The number of imide groups is 1. The average Bonchev–Trinajstić information content (AvgIpc) is 3.16. The maximum absolute atomic E-state index is 12.9. The van der Waals surface area contributed by atoms with E-state index in [1.54, 1.807) is 32.9 Å². The molecular weight excluding hydrogens is 364 g/mol. The molecule has 0 saturated carbocycles. The molecular formula is C20H24N2O6. The van der Waals surface area contributed by atoms with Crippen LogP contribution in [0.25, 0.3) is 0 Å². The Morgan fingerprint density at radius 3 is 2.18 bits per heavy atom. The third-order valence-corrected chi connectivity index (χ3v) is 4.86. The van der Waals surface area contributed by atoms with E-state index in [9.17, 15) is 19.2 Å². The average molecular weight is 388 g/mol. The van der Waals surface area contributed by atoms with E-state index in [1.165, 1.54) is 17.0 Å². The number of amides is 3. The Morgan fingerprint density at radius 1 is 1.11 bits per heavy atom. The highest BCUT2D eigenvalue weighted by Gasteiger charge is 2.47. The second-order valence-corrected chi connectivity index (χ2v) is 7.94. The molecule has 8 nitrogen and oxygen atoms in total. The molecule has 2 aliphatic rings. The molecule has 1 fully saturated rings. The smallest absolute Gasteiger partial charge is 0.411 e. The van der Waals surface area contributed by atoms with Crippen LogP contribution in [0.2, 0.25) is 0 Å². The molecule has 2 unspecified atom stereocenters. The molecule has 0 N–H and O–H groups in total. The normalized spacial score (nSPS) is 21.7. The monoisotopic (exact) mass is 388 g/mol. The van der Waals surface area contributed by atoms with Gasteiger partial charge in [0.05, 0.1) is 11.1 Å². The first-order valence-electron chi connectivity index (χ1n) is 9.33. The van der Waals surface area contributed by atoms with Crippen molar-refractivity contribution in [3.05, 3.63) is 35.4 Å². The van der Waals surface area contributed by atoms with Crippen molar-refractivity contribution in [3.8, 4) is 0 Å². The zero-order valence-electron chi connectivity index (χ0n) is 16.4. The number of likely N-dealkylation sites (tertiary alicyclic amines) is 1. The quantitative estimate of drug-likeness (QED) is 0.739. The van der Waals surface area contributed by atoms with Crippen molar-refractivity contribution in [2.24, 2.45) is 5.92 Å². The van der Waals surface area contributed by atoms with Gasteiger partial charge in [0, 0.05) is 6.54 Å². The number of nitrogens with zero attached hydrogens (tertiary/aromatic N) is 2. The van der Waals surface area contributed by atoms with Crippen molar-refractivity contribution < 1.29 is 28.8 Å². The van der Waals surface area contributed by atoms with Gasteiger partial charge in [0.2, 0.25) is 0 Å². The van der Waals surface area contributed by atoms with Gasteiger partial charge in [0.15, 0.2) is 0 Å². The van der Waals surface area contributed by atoms with E-state index in [1.807, 2.05) is 6.92 Å². The molecule has 1 aromatic rings. The predicted molar refractivity (Wildman–Crippen MR) is 98.2 cm³/mol. The number of fused-ring (bicyclic) bond motifs is 1. The second kappa shape index (κ2) is 7.26. The predicted octanol–water partition coefficient (Wildman–Crippen LogP) is 2.78. The third-order valence-electron chi connectivity index (χ3n) is 4.86. The Kier molecular flexibility index (Phi) is 5.14. The van der Waals surface area contributed by atoms with Crippen LogP contribution in [0.4, 0.5) is 4.79 Å². The molecule has 3 rings (SSSR count). The minimum atomic E-state index is -0.913. The molecule has 8 heteroatoms. The van der Waals surface area contributed by atoms with E-state index in [2.05, 4.69) is 0 Å². The Balaban J connectivity index is 1.79. The lowest BCUT2D eigenvalue weighted by atomic mass is 9.98. The van der Waals surface area contributed by atoms with E-state index >= 15 is 0 Å². The molecule has 0 aliphatic carbocycles. The zero-order chi connectivity index (χ0) is 20.6. The van der Waals surface area contributed by atoms with Crippen LogP contribution in [0, 0.1) is 5.92 Å². The highest BCUT2D eigenvalue weighted by Crippen LogP contribution is 2.31. The van der Waals surface area contributed by atoms with Crippen molar-refractivity contribution >= 4 is 23.9 Å². The molecule has 3 amide bonds. The summed E-state index contributed by atoms with van der Waals surface area (Å²) < 4.78 is 5.39. The van der Waals surface area contributed by atoms with Crippen LogP contribution in [0.1, 0.15) is 61.3 Å². The van der Waals surface area contributed by atoms with Crippen molar-refractivity contribution in [1.29, 1.82) is 0 Å². The Bertz CT molecular complexity index is 793. The fourth-order valence-corrected chi connectivity index (χ4v) is 3.52. The SMILES string of the molecule is CCC1CCN(C(=O)OC(C)(C)C)C1C(=O)ON1C(=O)c2ccccc2C1=O. The van der Waals surface area contributed by atoms with Crippen molar-refractivity contribution in [2.75, 3.05) is 6.54 Å². The highest BCUT2D eigenvalue weighted by atomic mass is 16.7. The first kappa shape index (κ1) is 19.9. The summed E-state index contributed by atoms with van der Waals surface area (Å²) in [4.78, 5) is 56.8. The minimum Gasteiger partial charge on any atom is -0.444 e. The molecule has 2 heterocycles. The van der Waals surface area contributed by atoms with Gasteiger partial charge in [0.25, 0.3) is 11.8 Å². The molecule has 2 atom stereocenters. The summed E-state index contributed by atoms with van der Waals surface area (Å²) in [5, 5.41) is 0.477. The van der Waals surface area contributed by atoms with Gasteiger partial charge >= 0.3 is 12.1 Å². The number of ether oxygens (including phenoxy) is 1. The lowest BCUT2D eigenvalue weighted by Gasteiger charge is -2.29. The summed E-state index contributed by atoms with van der Waals surface area (Å²) in [5.74, 6) is -2.34. The van der Waals surface area contributed by atoms with Gasteiger partial charge in [-0.3, -0.25) is 14.5 Å². The summed E-state index contributed by atoms with van der Waals surface area (Å²) in [6, 6.07) is 5.35. The van der Waals surface area contributed by atoms with Gasteiger partial charge in [-0.15, -0.1) is 0 Å². The molecule has 0 radical (unpaired) electrons. The van der Waals surface area contributed by atoms with Gasteiger partial charge in [-0.05, 0) is 45.2 Å². The lowest BCUT2D eigenvalue weighted by molar-refractivity contribution is -0.175. The molecule has 0 aromatic heterocycles. The third kappa shape index (κ3) is 3.58. The molecule has 2 aliphatic heterocycles. The van der Waals surface area contributed by atoms with Crippen LogP contribution >= 0.6 is 0 Å². The summed E-state index contributed by atoms with van der Waals surface area (Å²) in [6.07, 6.45) is 0.631. The maximum atomic E-state index is 12.9. The van der Waals surface area contributed by atoms with Crippen molar-refractivity contribution in [2.45, 2.75) is 52.2 Å². The van der Waals surface area contributed by atoms with Crippen LogP contribution < -0.4 is 0 Å². The Labute approximate surface area is 163 Å². The standard InChI is InChI=1S/C20H24N2O6/c1-5-12-10-11-21(19(26)27-20(2,3)4)15(12)18(25)28-22-16(23)13-8-6-7-9-14(13)17(22)24/h6-9,12,15H,5,10-11H2,1-4H3. The molecule has 1 saturated heterocycles. The summed E-state index contributed by atoms with van der Waals surface area (Å²) in [7, 11) is 0. The number of benzene rings is 1. The Morgan fingerprint density at radius 2 is 1.68 bits per heavy atom. The van der Waals surface area contributed by atoms with Crippen molar-refractivity contribution in [1.82, 2.24) is 9.96 Å². The van der Waals surface area contributed by atoms with Gasteiger partial charge < -0.3 is 9.57 Å². The maximum Gasteiger partial charge on any atom is 0.411 e. The van der Waals surface area contributed by atoms with Crippen LogP contribution in [-0.2, 0) is 14.4 Å². The largest absolute Gasteiger partial charge is 0.444 e. The van der Waals surface area contributed by atoms with Gasteiger partial charge in [-0.2, -0.15) is 0 Å². The van der Waals surface area contributed by atoms with Crippen LogP contribution in [0.3, 0.4) is 0 Å². The summed E-state index contributed by atoms with van der Waals surface area (Å²) >= 11 is 0. The molecule has 0 bridgehead atoms. The highest BCUT2D eigenvalue weighted by molar-refractivity contribution is 6.20. The fourth-order valence-electron chi connectivity index (χ4n) is 3.52. The van der Waals surface area contributed by atoms with E-state index in [0.29, 0.717) is 24.4 Å². The fraction of sp³-hybridized carbons (Fsp3) is 0.500. The van der Waals surface area contributed by atoms with Crippen LogP contribution in [-0.4, -0.2) is 52.0 Å². The zero-order valence-corrected chi connectivity index (χ0v) is 16.4.